The first-order chi connectivity index (χ1) is 15.1. The third kappa shape index (κ3) is 5.27. The summed E-state index contributed by atoms with van der Waals surface area (Å²) in [5.41, 5.74) is 2.67. The standard InChI is InChI=1S/C23H22N2O5S/c1-28-19-12-15(6-5-9-20-21(26)25-23(27)31-20)10-11-18(19)29-13-17-14-30-22(24-17)16-7-3-2-4-8-16/h2-4,7-8,10-12,14,20H,5-6,9,13H2,1H3,(H,25,26,27). The first-order valence-electron chi connectivity index (χ1n) is 9.93. The molecule has 8 heteroatoms. The Balaban J connectivity index is 1.32. The van der Waals surface area contributed by atoms with Crippen LogP contribution >= 0.6 is 11.8 Å². The molecule has 0 aliphatic carbocycles. The Morgan fingerprint density at radius 2 is 1.97 bits per heavy atom. The molecule has 1 saturated heterocycles. The van der Waals surface area contributed by atoms with E-state index in [2.05, 4.69) is 10.3 Å². The fourth-order valence-corrected chi connectivity index (χ4v) is 4.17. The maximum atomic E-state index is 11.6. The van der Waals surface area contributed by atoms with Gasteiger partial charge in [-0.05, 0) is 49.1 Å². The Morgan fingerprint density at radius 1 is 1.13 bits per heavy atom. The number of hydrogen-bond donors (Lipinski definition) is 1. The van der Waals surface area contributed by atoms with Crippen molar-refractivity contribution >= 4 is 22.9 Å². The number of methoxy groups -OCH3 is 1. The zero-order valence-electron chi connectivity index (χ0n) is 17.0. The van der Waals surface area contributed by atoms with Crippen molar-refractivity contribution in [3.05, 3.63) is 66.1 Å². The molecule has 0 spiro atoms. The second-order valence-corrected chi connectivity index (χ2v) is 8.23. The first kappa shape index (κ1) is 21.0. The van der Waals surface area contributed by atoms with E-state index in [4.69, 9.17) is 13.9 Å². The first-order valence-corrected chi connectivity index (χ1v) is 10.8. The molecule has 7 nitrogen and oxygen atoms in total. The molecule has 1 aliphatic rings. The molecule has 1 fully saturated rings. The summed E-state index contributed by atoms with van der Waals surface area (Å²) in [4.78, 5) is 27.4. The third-order valence-electron chi connectivity index (χ3n) is 4.87. The molecule has 2 amide bonds. The molecule has 1 aromatic heterocycles. The molecule has 1 unspecified atom stereocenters. The Bertz CT molecular complexity index is 1070. The average molecular weight is 439 g/mol. The lowest BCUT2D eigenvalue weighted by atomic mass is 10.1. The summed E-state index contributed by atoms with van der Waals surface area (Å²) in [6, 6.07) is 15.5. The number of hydrogen-bond acceptors (Lipinski definition) is 7. The van der Waals surface area contributed by atoms with Gasteiger partial charge in [0.05, 0.1) is 12.4 Å². The predicted molar refractivity (Wildman–Crippen MR) is 117 cm³/mol. The molecule has 1 aliphatic heterocycles. The minimum Gasteiger partial charge on any atom is -0.493 e. The number of aryl methyl sites for hydroxylation is 1. The fraction of sp³-hybridized carbons (Fsp3) is 0.261. The highest BCUT2D eigenvalue weighted by molar-refractivity contribution is 8.15. The maximum absolute atomic E-state index is 11.6. The van der Waals surface area contributed by atoms with Crippen LogP contribution in [0.3, 0.4) is 0 Å². The Labute approximate surface area is 184 Å². The van der Waals surface area contributed by atoms with Gasteiger partial charge in [0.1, 0.15) is 18.6 Å². The second-order valence-electron chi connectivity index (χ2n) is 7.06. The molecule has 31 heavy (non-hydrogen) atoms. The maximum Gasteiger partial charge on any atom is 0.286 e. The van der Waals surface area contributed by atoms with Gasteiger partial charge >= 0.3 is 0 Å². The van der Waals surface area contributed by atoms with Gasteiger partial charge in [-0.1, -0.05) is 36.0 Å². The predicted octanol–water partition coefficient (Wildman–Crippen LogP) is 4.60. The lowest BCUT2D eigenvalue weighted by Gasteiger charge is -2.12. The van der Waals surface area contributed by atoms with E-state index < -0.39 is 0 Å². The Morgan fingerprint density at radius 3 is 2.71 bits per heavy atom. The van der Waals surface area contributed by atoms with Crippen LogP contribution in [0.5, 0.6) is 11.5 Å². The highest BCUT2D eigenvalue weighted by Gasteiger charge is 2.30. The van der Waals surface area contributed by atoms with Gasteiger partial charge in [0.2, 0.25) is 11.8 Å². The van der Waals surface area contributed by atoms with Crippen molar-refractivity contribution < 1.29 is 23.5 Å². The van der Waals surface area contributed by atoms with Gasteiger partial charge in [-0.25, -0.2) is 4.98 Å². The van der Waals surface area contributed by atoms with Crippen molar-refractivity contribution in [1.82, 2.24) is 10.3 Å². The molecule has 4 rings (SSSR count). The zero-order valence-corrected chi connectivity index (χ0v) is 17.8. The van der Waals surface area contributed by atoms with Crippen molar-refractivity contribution in [1.29, 1.82) is 0 Å². The number of rotatable bonds is 9. The van der Waals surface area contributed by atoms with Crippen LogP contribution in [0.1, 0.15) is 24.1 Å². The summed E-state index contributed by atoms with van der Waals surface area (Å²) in [6.45, 7) is 0.258. The number of thioether (sulfide) groups is 1. The summed E-state index contributed by atoms with van der Waals surface area (Å²) < 4.78 is 16.9. The van der Waals surface area contributed by atoms with Crippen LogP contribution in [-0.2, 0) is 17.8 Å². The normalized spacial score (nSPS) is 15.7. The van der Waals surface area contributed by atoms with Gasteiger partial charge in [-0.3, -0.25) is 14.9 Å². The lowest BCUT2D eigenvalue weighted by Crippen LogP contribution is -2.24. The lowest BCUT2D eigenvalue weighted by molar-refractivity contribution is -0.119. The number of imide groups is 1. The molecular formula is C23H22N2O5S. The number of oxazole rings is 1. The monoisotopic (exact) mass is 438 g/mol. The minimum atomic E-state index is -0.291. The number of benzene rings is 2. The number of aromatic nitrogens is 1. The molecule has 0 bridgehead atoms. The SMILES string of the molecule is COc1cc(CCCC2SC(=O)NC2=O)ccc1OCc1coc(-c2ccccc2)n1. The van der Waals surface area contributed by atoms with Gasteiger partial charge in [-0.15, -0.1) is 0 Å². The number of amides is 2. The van der Waals surface area contributed by atoms with Crippen LogP contribution in [0.4, 0.5) is 4.79 Å². The van der Waals surface area contributed by atoms with E-state index in [-0.39, 0.29) is 23.0 Å². The smallest absolute Gasteiger partial charge is 0.286 e. The van der Waals surface area contributed by atoms with E-state index in [0.717, 1.165) is 35.7 Å². The highest BCUT2D eigenvalue weighted by Crippen LogP contribution is 2.30. The van der Waals surface area contributed by atoms with E-state index in [9.17, 15) is 9.59 Å². The van der Waals surface area contributed by atoms with E-state index in [0.29, 0.717) is 29.5 Å². The van der Waals surface area contributed by atoms with Crippen LogP contribution in [0.2, 0.25) is 0 Å². The van der Waals surface area contributed by atoms with E-state index >= 15 is 0 Å². The number of nitrogens with zero attached hydrogens (tertiary/aromatic N) is 1. The Kier molecular flexibility index (Phi) is 6.57. The minimum absolute atomic E-state index is 0.195. The second kappa shape index (κ2) is 9.70. The van der Waals surface area contributed by atoms with E-state index in [1.165, 1.54) is 0 Å². The van der Waals surface area contributed by atoms with Gasteiger partial charge < -0.3 is 13.9 Å². The molecule has 2 heterocycles. The van der Waals surface area contributed by atoms with Gasteiger partial charge in [0, 0.05) is 5.56 Å². The van der Waals surface area contributed by atoms with Crippen LogP contribution < -0.4 is 14.8 Å². The quantitative estimate of drug-likeness (QED) is 0.522. The number of carbonyl (C=O) groups excluding carboxylic acids is 2. The molecule has 1 atom stereocenters. The molecule has 2 aromatic carbocycles. The van der Waals surface area contributed by atoms with Gasteiger partial charge in [-0.2, -0.15) is 0 Å². The summed E-state index contributed by atoms with van der Waals surface area (Å²) in [6.07, 6.45) is 3.81. The average Bonchev–Trinajstić information content (AvgIpc) is 3.39. The largest absolute Gasteiger partial charge is 0.493 e. The topological polar surface area (TPSA) is 90.7 Å². The van der Waals surface area contributed by atoms with Crippen molar-refractivity contribution in [3.8, 4) is 23.0 Å². The molecule has 0 saturated carbocycles. The summed E-state index contributed by atoms with van der Waals surface area (Å²) in [5, 5.41) is 1.76. The molecule has 0 radical (unpaired) electrons. The van der Waals surface area contributed by atoms with Crippen LogP contribution in [0.15, 0.2) is 59.2 Å². The molecule has 3 aromatic rings. The number of carbonyl (C=O) groups is 2. The van der Waals surface area contributed by atoms with Gasteiger partial charge in [0.15, 0.2) is 11.5 Å². The number of nitrogens with one attached hydrogen (secondary N) is 1. The highest BCUT2D eigenvalue weighted by atomic mass is 32.2. The van der Waals surface area contributed by atoms with Crippen LogP contribution in [0.25, 0.3) is 11.5 Å². The number of ether oxygens (including phenoxy) is 2. The zero-order chi connectivity index (χ0) is 21.6. The molecule has 160 valence electrons. The summed E-state index contributed by atoms with van der Waals surface area (Å²) in [5.74, 6) is 1.61. The van der Waals surface area contributed by atoms with Crippen LogP contribution in [0, 0.1) is 0 Å². The molecular weight excluding hydrogens is 416 g/mol. The van der Waals surface area contributed by atoms with Gasteiger partial charge in [0.25, 0.3) is 5.24 Å². The summed E-state index contributed by atoms with van der Waals surface area (Å²) >= 11 is 1.07. The van der Waals surface area contributed by atoms with E-state index in [1.807, 2.05) is 48.5 Å². The van der Waals surface area contributed by atoms with Crippen molar-refractivity contribution in [2.24, 2.45) is 0 Å². The summed E-state index contributed by atoms with van der Waals surface area (Å²) in [7, 11) is 1.60. The van der Waals surface area contributed by atoms with E-state index in [1.54, 1.807) is 13.4 Å². The van der Waals surface area contributed by atoms with Crippen molar-refractivity contribution in [2.75, 3.05) is 7.11 Å². The molecule has 1 N–H and O–H groups in total. The van der Waals surface area contributed by atoms with Crippen LogP contribution in [-0.4, -0.2) is 28.5 Å². The van der Waals surface area contributed by atoms with Crippen molar-refractivity contribution in [3.63, 3.8) is 0 Å². The third-order valence-corrected chi connectivity index (χ3v) is 5.93. The Hall–Kier alpha value is -3.26. The fourth-order valence-electron chi connectivity index (χ4n) is 3.30. The van der Waals surface area contributed by atoms with Crippen molar-refractivity contribution in [2.45, 2.75) is 31.1 Å².